The summed E-state index contributed by atoms with van der Waals surface area (Å²) in [4.78, 5) is 13.7. The van der Waals surface area contributed by atoms with Crippen molar-refractivity contribution in [1.29, 1.82) is 5.26 Å². The molecule has 0 saturated carbocycles. The van der Waals surface area contributed by atoms with Gasteiger partial charge in [0.05, 0.1) is 26.1 Å². The van der Waals surface area contributed by atoms with Crippen LogP contribution in [0.4, 0.5) is 5.69 Å². The molecule has 1 unspecified atom stereocenters. The van der Waals surface area contributed by atoms with Crippen LogP contribution in [0.3, 0.4) is 0 Å². The fourth-order valence-electron chi connectivity index (χ4n) is 1.57. The van der Waals surface area contributed by atoms with Crippen molar-refractivity contribution < 1.29 is 9.53 Å². The van der Waals surface area contributed by atoms with Crippen LogP contribution in [0.25, 0.3) is 0 Å². The van der Waals surface area contributed by atoms with Crippen LogP contribution < -0.4 is 10.1 Å². The Bertz CT molecular complexity index is 468. The monoisotopic (exact) mass is 261 g/mol. The summed E-state index contributed by atoms with van der Waals surface area (Å²) in [6.07, 6.45) is 0.406. The lowest BCUT2D eigenvalue weighted by molar-refractivity contribution is -0.117. The second-order valence-corrected chi connectivity index (χ2v) is 4.41. The number of carbonyl (C=O) groups excluding carboxylic acids is 1. The van der Waals surface area contributed by atoms with Gasteiger partial charge in [0, 0.05) is 17.8 Å². The molecule has 1 atom stereocenters. The number of anilines is 1. The minimum Gasteiger partial charge on any atom is -0.497 e. The standard InChI is InChI=1S/C14H19N3O2/c1-11(7-8-15)17(2)10-14(18)16-12-5-4-6-13(9-12)19-3/h4-6,9,11H,7,10H2,1-3H3,(H,16,18). The Kier molecular flexibility index (Phi) is 5.83. The molecule has 1 aromatic carbocycles. The van der Waals surface area contributed by atoms with Gasteiger partial charge in [0.25, 0.3) is 0 Å². The number of amides is 1. The summed E-state index contributed by atoms with van der Waals surface area (Å²) in [5.74, 6) is 0.588. The topological polar surface area (TPSA) is 65.4 Å². The zero-order chi connectivity index (χ0) is 14.3. The zero-order valence-electron chi connectivity index (χ0n) is 11.5. The third kappa shape index (κ3) is 4.98. The fraction of sp³-hybridized carbons (Fsp3) is 0.429. The first-order valence-electron chi connectivity index (χ1n) is 6.08. The highest BCUT2D eigenvalue weighted by Gasteiger charge is 2.12. The van der Waals surface area contributed by atoms with E-state index in [-0.39, 0.29) is 18.5 Å². The number of carbonyl (C=O) groups is 1. The van der Waals surface area contributed by atoms with Crippen molar-refractivity contribution in [2.45, 2.75) is 19.4 Å². The van der Waals surface area contributed by atoms with Crippen molar-refractivity contribution in [1.82, 2.24) is 4.90 Å². The van der Waals surface area contributed by atoms with Gasteiger partial charge in [-0.25, -0.2) is 0 Å². The van der Waals surface area contributed by atoms with Crippen molar-refractivity contribution in [2.75, 3.05) is 26.0 Å². The molecule has 1 aromatic rings. The first-order valence-corrected chi connectivity index (χ1v) is 6.08. The van der Waals surface area contributed by atoms with E-state index in [0.717, 1.165) is 0 Å². The average Bonchev–Trinajstić information content (AvgIpc) is 2.39. The summed E-state index contributed by atoms with van der Waals surface area (Å²) in [5.41, 5.74) is 0.700. The molecule has 102 valence electrons. The minimum absolute atomic E-state index is 0.0565. The van der Waals surface area contributed by atoms with Crippen LogP contribution in [0.1, 0.15) is 13.3 Å². The summed E-state index contributed by atoms with van der Waals surface area (Å²) in [6, 6.07) is 9.35. The molecule has 1 amide bonds. The Balaban J connectivity index is 2.53. The third-order valence-corrected chi connectivity index (χ3v) is 2.89. The molecule has 0 aromatic heterocycles. The molecule has 5 nitrogen and oxygen atoms in total. The van der Waals surface area contributed by atoms with Crippen molar-refractivity contribution in [3.63, 3.8) is 0 Å². The molecule has 1 N–H and O–H groups in total. The number of likely N-dealkylation sites (N-methyl/N-ethyl adjacent to an activating group) is 1. The van der Waals surface area contributed by atoms with Gasteiger partial charge in [-0.05, 0) is 26.1 Å². The highest BCUT2D eigenvalue weighted by molar-refractivity contribution is 5.92. The van der Waals surface area contributed by atoms with E-state index >= 15 is 0 Å². The van der Waals surface area contributed by atoms with E-state index in [0.29, 0.717) is 17.9 Å². The quantitative estimate of drug-likeness (QED) is 0.849. The van der Waals surface area contributed by atoms with Crippen LogP contribution in [0.2, 0.25) is 0 Å². The molecule has 0 saturated heterocycles. The Morgan fingerprint density at radius 3 is 2.95 bits per heavy atom. The summed E-state index contributed by atoms with van der Waals surface area (Å²) in [5, 5.41) is 11.4. The summed E-state index contributed by atoms with van der Waals surface area (Å²) >= 11 is 0. The van der Waals surface area contributed by atoms with Crippen LogP contribution >= 0.6 is 0 Å². The van der Waals surface area contributed by atoms with Crippen LogP contribution in [0.5, 0.6) is 5.75 Å². The molecule has 19 heavy (non-hydrogen) atoms. The summed E-state index contributed by atoms with van der Waals surface area (Å²) < 4.78 is 5.09. The Labute approximate surface area is 113 Å². The SMILES string of the molecule is COc1cccc(NC(=O)CN(C)C(C)CC#N)c1. The van der Waals surface area contributed by atoms with E-state index in [1.807, 2.05) is 31.0 Å². The predicted molar refractivity (Wildman–Crippen MR) is 73.9 cm³/mol. The molecule has 0 spiro atoms. The number of methoxy groups -OCH3 is 1. The van der Waals surface area contributed by atoms with Crippen molar-refractivity contribution in [2.24, 2.45) is 0 Å². The predicted octanol–water partition coefficient (Wildman–Crippen LogP) is 1.87. The number of nitrogens with one attached hydrogen (secondary N) is 1. The first kappa shape index (κ1) is 15.0. The van der Waals surface area contributed by atoms with Gasteiger partial charge in [0.1, 0.15) is 5.75 Å². The lowest BCUT2D eigenvalue weighted by Crippen LogP contribution is -2.36. The van der Waals surface area contributed by atoms with E-state index in [9.17, 15) is 4.79 Å². The molecule has 0 radical (unpaired) electrons. The normalized spacial score (nSPS) is 11.7. The number of hydrogen-bond donors (Lipinski definition) is 1. The third-order valence-electron chi connectivity index (χ3n) is 2.89. The molecular formula is C14H19N3O2. The number of hydrogen-bond acceptors (Lipinski definition) is 4. The van der Waals surface area contributed by atoms with Crippen LogP contribution in [-0.2, 0) is 4.79 Å². The second-order valence-electron chi connectivity index (χ2n) is 4.41. The fourth-order valence-corrected chi connectivity index (χ4v) is 1.57. The lowest BCUT2D eigenvalue weighted by atomic mass is 10.2. The number of ether oxygens (including phenoxy) is 1. The van der Waals surface area contributed by atoms with Gasteiger partial charge < -0.3 is 10.1 Å². The first-order chi connectivity index (χ1) is 9.06. The maximum Gasteiger partial charge on any atom is 0.238 e. The Morgan fingerprint density at radius 1 is 1.58 bits per heavy atom. The van der Waals surface area contributed by atoms with Gasteiger partial charge in [-0.3, -0.25) is 9.69 Å². The second kappa shape index (κ2) is 7.39. The molecular weight excluding hydrogens is 242 g/mol. The van der Waals surface area contributed by atoms with Gasteiger partial charge in [-0.1, -0.05) is 6.07 Å². The highest BCUT2D eigenvalue weighted by Crippen LogP contribution is 2.16. The van der Waals surface area contributed by atoms with Crippen LogP contribution in [0, 0.1) is 11.3 Å². The van der Waals surface area contributed by atoms with Gasteiger partial charge in [-0.2, -0.15) is 5.26 Å². The number of rotatable bonds is 6. The van der Waals surface area contributed by atoms with Gasteiger partial charge in [-0.15, -0.1) is 0 Å². The molecule has 0 aliphatic heterocycles. The number of nitriles is 1. The Morgan fingerprint density at radius 2 is 2.32 bits per heavy atom. The van der Waals surface area contributed by atoms with Crippen LogP contribution in [0.15, 0.2) is 24.3 Å². The van der Waals surface area contributed by atoms with Gasteiger partial charge in [0.15, 0.2) is 0 Å². The molecule has 0 aliphatic carbocycles. The Hall–Kier alpha value is -2.06. The van der Waals surface area contributed by atoms with E-state index in [2.05, 4.69) is 11.4 Å². The molecule has 1 rings (SSSR count). The van der Waals surface area contributed by atoms with Crippen LogP contribution in [-0.4, -0.2) is 37.6 Å². The number of benzene rings is 1. The lowest BCUT2D eigenvalue weighted by Gasteiger charge is -2.21. The molecule has 0 bridgehead atoms. The molecule has 0 fully saturated rings. The maximum atomic E-state index is 11.9. The maximum absolute atomic E-state index is 11.9. The van der Waals surface area contributed by atoms with E-state index in [4.69, 9.17) is 10.00 Å². The molecule has 5 heteroatoms. The molecule has 0 aliphatic rings. The highest BCUT2D eigenvalue weighted by atomic mass is 16.5. The van der Waals surface area contributed by atoms with Crippen molar-refractivity contribution >= 4 is 11.6 Å². The molecule has 0 heterocycles. The van der Waals surface area contributed by atoms with Crippen molar-refractivity contribution in [3.8, 4) is 11.8 Å². The summed E-state index contributed by atoms with van der Waals surface area (Å²) in [7, 11) is 3.41. The van der Waals surface area contributed by atoms with Gasteiger partial charge in [0.2, 0.25) is 5.91 Å². The minimum atomic E-state index is -0.111. The average molecular weight is 261 g/mol. The summed E-state index contributed by atoms with van der Waals surface area (Å²) in [6.45, 7) is 2.17. The smallest absolute Gasteiger partial charge is 0.238 e. The zero-order valence-corrected chi connectivity index (χ0v) is 11.5. The van der Waals surface area contributed by atoms with E-state index < -0.39 is 0 Å². The van der Waals surface area contributed by atoms with Crippen molar-refractivity contribution in [3.05, 3.63) is 24.3 Å². The van der Waals surface area contributed by atoms with Gasteiger partial charge >= 0.3 is 0 Å². The van der Waals surface area contributed by atoms with E-state index in [1.165, 1.54) is 0 Å². The largest absolute Gasteiger partial charge is 0.497 e. The van der Waals surface area contributed by atoms with E-state index in [1.54, 1.807) is 19.2 Å². The number of nitrogens with zero attached hydrogens (tertiary/aromatic N) is 2.